The predicted molar refractivity (Wildman–Crippen MR) is 105 cm³/mol. The van der Waals surface area contributed by atoms with Crippen LogP contribution in [0.2, 0.25) is 0 Å². The van der Waals surface area contributed by atoms with Gasteiger partial charge in [-0.2, -0.15) is 4.31 Å². The van der Waals surface area contributed by atoms with Gasteiger partial charge in [-0.3, -0.25) is 9.59 Å². The molecule has 1 aliphatic rings. The third-order valence-electron chi connectivity index (χ3n) is 4.61. The lowest BCUT2D eigenvalue weighted by atomic mass is 10.0. The SMILES string of the molecule is CCNC(=O)CNC(=O)c1cccc(S(=O)(=O)N2CCc3ccccc3C2)c1. The minimum Gasteiger partial charge on any atom is -0.355 e. The fourth-order valence-electron chi connectivity index (χ4n) is 3.14. The zero-order chi connectivity index (χ0) is 20.1. The van der Waals surface area contributed by atoms with Gasteiger partial charge in [-0.1, -0.05) is 30.3 Å². The Morgan fingerprint density at radius 1 is 1.04 bits per heavy atom. The second-order valence-electron chi connectivity index (χ2n) is 6.52. The summed E-state index contributed by atoms with van der Waals surface area (Å²) in [6.07, 6.45) is 0.655. The Balaban J connectivity index is 1.75. The average Bonchev–Trinajstić information content (AvgIpc) is 2.72. The van der Waals surface area contributed by atoms with E-state index in [1.165, 1.54) is 28.6 Å². The molecule has 0 bridgehead atoms. The zero-order valence-corrected chi connectivity index (χ0v) is 16.5. The smallest absolute Gasteiger partial charge is 0.251 e. The van der Waals surface area contributed by atoms with Crippen LogP contribution in [0.1, 0.15) is 28.4 Å². The maximum Gasteiger partial charge on any atom is 0.251 e. The molecule has 0 radical (unpaired) electrons. The van der Waals surface area contributed by atoms with Crippen LogP contribution in [-0.2, 0) is 27.8 Å². The summed E-state index contributed by atoms with van der Waals surface area (Å²) in [5.41, 5.74) is 2.35. The van der Waals surface area contributed by atoms with Crippen molar-refractivity contribution < 1.29 is 18.0 Å². The van der Waals surface area contributed by atoms with Gasteiger partial charge in [0.05, 0.1) is 11.4 Å². The second-order valence-corrected chi connectivity index (χ2v) is 8.46. The number of nitrogens with zero attached hydrogens (tertiary/aromatic N) is 1. The molecule has 3 rings (SSSR count). The van der Waals surface area contributed by atoms with Crippen molar-refractivity contribution in [2.45, 2.75) is 24.8 Å². The van der Waals surface area contributed by atoms with E-state index < -0.39 is 15.9 Å². The summed E-state index contributed by atoms with van der Waals surface area (Å²) < 4.78 is 27.5. The highest BCUT2D eigenvalue weighted by Gasteiger charge is 2.28. The van der Waals surface area contributed by atoms with Gasteiger partial charge in [-0.25, -0.2) is 8.42 Å². The van der Waals surface area contributed by atoms with Crippen molar-refractivity contribution in [3.8, 4) is 0 Å². The van der Waals surface area contributed by atoms with Crippen LogP contribution in [0, 0.1) is 0 Å². The third-order valence-corrected chi connectivity index (χ3v) is 6.45. The number of rotatable bonds is 6. The molecule has 0 aromatic heterocycles. The first-order valence-electron chi connectivity index (χ1n) is 9.13. The summed E-state index contributed by atoms with van der Waals surface area (Å²) in [5, 5.41) is 5.08. The summed E-state index contributed by atoms with van der Waals surface area (Å²) >= 11 is 0. The number of fused-ring (bicyclic) bond motifs is 1. The van der Waals surface area contributed by atoms with Gasteiger partial charge in [0.1, 0.15) is 0 Å². The molecular formula is C20H23N3O4S. The van der Waals surface area contributed by atoms with E-state index in [2.05, 4.69) is 10.6 Å². The van der Waals surface area contributed by atoms with E-state index >= 15 is 0 Å². The van der Waals surface area contributed by atoms with Crippen molar-refractivity contribution in [2.24, 2.45) is 0 Å². The van der Waals surface area contributed by atoms with Crippen LogP contribution >= 0.6 is 0 Å². The molecule has 8 heteroatoms. The molecule has 2 aromatic carbocycles. The molecule has 2 N–H and O–H groups in total. The third kappa shape index (κ3) is 4.40. The van der Waals surface area contributed by atoms with Crippen LogP contribution in [0.15, 0.2) is 53.4 Å². The van der Waals surface area contributed by atoms with Crippen LogP contribution in [-0.4, -0.2) is 44.2 Å². The number of hydrogen-bond acceptors (Lipinski definition) is 4. The number of likely N-dealkylation sites (N-methyl/N-ethyl adjacent to an activating group) is 1. The Hall–Kier alpha value is -2.71. The molecule has 1 aliphatic heterocycles. The fraction of sp³-hybridized carbons (Fsp3) is 0.300. The van der Waals surface area contributed by atoms with Gasteiger partial charge in [-0.05, 0) is 42.7 Å². The Bertz CT molecular complexity index is 988. The topological polar surface area (TPSA) is 95.6 Å². The molecule has 28 heavy (non-hydrogen) atoms. The molecular weight excluding hydrogens is 378 g/mol. The monoisotopic (exact) mass is 401 g/mol. The van der Waals surface area contributed by atoms with Gasteiger partial charge in [0.2, 0.25) is 15.9 Å². The van der Waals surface area contributed by atoms with Gasteiger partial charge in [-0.15, -0.1) is 0 Å². The Morgan fingerprint density at radius 3 is 2.54 bits per heavy atom. The quantitative estimate of drug-likeness (QED) is 0.763. The first-order chi connectivity index (χ1) is 13.4. The van der Waals surface area contributed by atoms with Crippen LogP contribution in [0.25, 0.3) is 0 Å². The maximum atomic E-state index is 13.1. The molecule has 148 valence electrons. The summed E-state index contributed by atoms with van der Waals surface area (Å²) in [4.78, 5) is 23.8. The number of carbonyl (C=O) groups is 2. The van der Waals surface area contributed by atoms with E-state index in [9.17, 15) is 18.0 Å². The molecule has 2 aromatic rings. The van der Waals surface area contributed by atoms with Crippen molar-refractivity contribution in [3.05, 3.63) is 65.2 Å². The van der Waals surface area contributed by atoms with Gasteiger partial charge in [0.15, 0.2) is 0 Å². The van der Waals surface area contributed by atoms with Crippen LogP contribution < -0.4 is 10.6 Å². The number of sulfonamides is 1. The van der Waals surface area contributed by atoms with E-state index in [-0.39, 0.29) is 22.9 Å². The molecule has 1 heterocycles. The number of amides is 2. The van der Waals surface area contributed by atoms with Crippen LogP contribution in [0.3, 0.4) is 0 Å². The lowest BCUT2D eigenvalue weighted by Gasteiger charge is -2.28. The van der Waals surface area contributed by atoms with Crippen molar-refractivity contribution in [1.29, 1.82) is 0 Å². The summed E-state index contributed by atoms with van der Waals surface area (Å²) in [6, 6.07) is 13.7. The lowest BCUT2D eigenvalue weighted by Crippen LogP contribution is -2.37. The average molecular weight is 401 g/mol. The van der Waals surface area contributed by atoms with E-state index in [4.69, 9.17) is 0 Å². The van der Waals surface area contributed by atoms with Crippen LogP contribution in [0.5, 0.6) is 0 Å². The van der Waals surface area contributed by atoms with Crippen molar-refractivity contribution in [3.63, 3.8) is 0 Å². The van der Waals surface area contributed by atoms with E-state index in [1.54, 1.807) is 6.92 Å². The zero-order valence-electron chi connectivity index (χ0n) is 15.6. The van der Waals surface area contributed by atoms with E-state index in [1.807, 2.05) is 24.3 Å². The highest BCUT2D eigenvalue weighted by Crippen LogP contribution is 2.25. The minimum atomic E-state index is -3.73. The van der Waals surface area contributed by atoms with Gasteiger partial charge in [0, 0.05) is 25.2 Å². The van der Waals surface area contributed by atoms with E-state index in [0.29, 0.717) is 26.1 Å². The molecule has 0 fully saturated rings. The second kappa shape index (κ2) is 8.53. The fourth-order valence-corrected chi connectivity index (χ4v) is 4.61. The highest BCUT2D eigenvalue weighted by atomic mass is 32.2. The standard InChI is InChI=1S/C20H23N3O4S/c1-2-21-19(24)13-22-20(25)16-8-5-9-18(12-16)28(26,27)23-11-10-15-6-3-4-7-17(15)14-23/h3-9,12H,2,10-11,13-14H2,1H3,(H,21,24)(H,22,25). The summed E-state index contributed by atoms with van der Waals surface area (Å²) in [7, 11) is -3.73. The molecule has 0 saturated carbocycles. The van der Waals surface area contributed by atoms with Gasteiger partial charge >= 0.3 is 0 Å². The summed E-state index contributed by atoms with van der Waals surface area (Å²) in [5.74, 6) is -0.793. The number of carbonyl (C=O) groups excluding carboxylic acids is 2. The first-order valence-corrected chi connectivity index (χ1v) is 10.6. The highest BCUT2D eigenvalue weighted by molar-refractivity contribution is 7.89. The predicted octanol–water partition coefficient (Wildman–Crippen LogP) is 1.30. The van der Waals surface area contributed by atoms with Gasteiger partial charge < -0.3 is 10.6 Å². The number of nitrogens with one attached hydrogen (secondary N) is 2. The Morgan fingerprint density at radius 2 is 1.79 bits per heavy atom. The molecule has 0 saturated heterocycles. The van der Waals surface area contributed by atoms with Crippen LogP contribution in [0.4, 0.5) is 0 Å². The molecule has 7 nitrogen and oxygen atoms in total. The van der Waals surface area contributed by atoms with Crippen molar-refractivity contribution in [2.75, 3.05) is 19.6 Å². The Kier molecular flexibility index (Phi) is 6.11. The van der Waals surface area contributed by atoms with Crippen molar-refractivity contribution >= 4 is 21.8 Å². The summed E-state index contributed by atoms with van der Waals surface area (Å²) in [6.45, 7) is 2.81. The van der Waals surface area contributed by atoms with Gasteiger partial charge in [0.25, 0.3) is 5.91 Å². The molecule has 2 amide bonds. The first kappa shape index (κ1) is 20.0. The van der Waals surface area contributed by atoms with E-state index in [0.717, 1.165) is 11.1 Å². The molecule has 0 spiro atoms. The molecule has 0 atom stereocenters. The molecule has 0 aliphatic carbocycles. The lowest BCUT2D eigenvalue weighted by molar-refractivity contribution is -0.120. The normalized spacial score (nSPS) is 14.2. The minimum absolute atomic E-state index is 0.0672. The van der Waals surface area contributed by atoms with Crippen molar-refractivity contribution in [1.82, 2.24) is 14.9 Å². The maximum absolute atomic E-state index is 13.1. The number of benzene rings is 2. The number of hydrogen-bond donors (Lipinski definition) is 2. The largest absolute Gasteiger partial charge is 0.355 e. The molecule has 0 unspecified atom stereocenters. The Labute approximate surface area is 164 Å².